The van der Waals surface area contributed by atoms with E-state index in [4.69, 9.17) is 10.2 Å². The fraction of sp³-hybridized carbons (Fsp3) is 0.600. The average Bonchev–Trinajstić information content (AvgIpc) is 2.59. The molecule has 1 aromatic rings. The summed E-state index contributed by atoms with van der Waals surface area (Å²) in [6.45, 7) is 4.55. The van der Waals surface area contributed by atoms with Gasteiger partial charge in [-0.2, -0.15) is 0 Å². The number of hydrogen-bond donors (Lipinski definition) is 1. The van der Waals surface area contributed by atoms with Crippen LogP contribution in [0.5, 0.6) is 0 Å². The van der Waals surface area contributed by atoms with Gasteiger partial charge in [0.25, 0.3) is 0 Å². The van der Waals surface area contributed by atoms with E-state index in [0.717, 1.165) is 0 Å². The lowest BCUT2D eigenvalue weighted by molar-refractivity contribution is 0.415. The molecule has 1 heterocycles. The van der Waals surface area contributed by atoms with E-state index in [0.29, 0.717) is 12.3 Å². The summed E-state index contributed by atoms with van der Waals surface area (Å²) < 4.78 is 31.1. The molecule has 0 aromatic carbocycles. The molecule has 1 aromatic heterocycles. The highest BCUT2D eigenvalue weighted by molar-refractivity contribution is 9.10. The van der Waals surface area contributed by atoms with Gasteiger partial charge in [-0.15, -0.1) is 0 Å². The van der Waals surface area contributed by atoms with Crippen molar-refractivity contribution in [3.8, 4) is 0 Å². The molecule has 0 spiro atoms. The van der Waals surface area contributed by atoms with Crippen molar-refractivity contribution in [2.24, 2.45) is 11.7 Å². The highest BCUT2D eigenvalue weighted by Gasteiger charge is 2.27. The molecule has 5 nitrogen and oxygen atoms in total. The molecule has 0 fully saturated rings. The lowest BCUT2D eigenvalue weighted by Gasteiger charge is -2.18. The first kappa shape index (κ1) is 14.7. The highest BCUT2D eigenvalue weighted by atomic mass is 79.9. The lowest BCUT2D eigenvalue weighted by Crippen LogP contribution is -2.30. The molecule has 0 bridgehead atoms. The molecule has 0 saturated carbocycles. The largest absolute Gasteiger partial charge is 0.452 e. The van der Waals surface area contributed by atoms with E-state index in [-0.39, 0.29) is 22.0 Å². The van der Waals surface area contributed by atoms with Gasteiger partial charge in [0.05, 0.1) is 6.54 Å². The van der Waals surface area contributed by atoms with E-state index in [1.165, 1.54) is 10.4 Å². The first-order valence-corrected chi connectivity index (χ1v) is 7.47. The topological polar surface area (TPSA) is 76.5 Å². The van der Waals surface area contributed by atoms with Crippen molar-refractivity contribution >= 4 is 26.0 Å². The first-order chi connectivity index (χ1) is 7.78. The van der Waals surface area contributed by atoms with Gasteiger partial charge in [-0.1, -0.05) is 13.8 Å². The molecular weight excluding hydrogens is 308 g/mol. The molecule has 17 heavy (non-hydrogen) atoms. The van der Waals surface area contributed by atoms with Crippen molar-refractivity contribution < 1.29 is 12.8 Å². The molecule has 0 radical (unpaired) electrons. The second-order valence-corrected chi connectivity index (χ2v) is 6.97. The average molecular weight is 325 g/mol. The highest BCUT2D eigenvalue weighted by Crippen LogP contribution is 2.28. The van der Waals surface area contributed by atoms with Gasteiger partial charge in [0.1, 0.15) is 10.7 Å². The third kappa shape index (κ3) is 3.31. The van der Waals surface area contributed by atoms with Gasteiger partial charge in [-0.3, -0.25) is 0 Å². The van der Waals surface area contributed by atoms with Gasteiger partial charge < -0.3 is 10.2 Å². The fourth-order valence-electron chi connectivity index (χ4n) is 1.45. The molecule has 1 rings (SSSR count). The number of nitrogens with two attached hydrogens (primary N) is 1. The standard InChI is InChI=1S/C10H17BrN2O3S/c1-7(2)6-13(3)17(14,15)9-4-8(5-12)16-10(9)11/h4,7H,5-6,12H2,1-3H3. The van der Waals surface area contributed by atoms with Gasteiger partial charge in [-0.25, -0.2) is 12.7 Å². The zero-order valence-electron chi connectivity index (χ0n) is 10.1. The number of halogens is 1. The predicted octanol–water partition coefficient (Wildman–Crippen LogP) is 1.78. The second kappa shape index (κ2) is 5.51. The second-order valence-electron chi connectivity index (χ2n) is 4.23. The number of sulfonamides is 1. The van der Waals surface area contributed by atoms with E-state index >= 15 is 0 Å². The normalized spacial score (nSPS) is 12.6. The Kier molecular flexibility index (Phi) is 4.77. The molecule has 0 unspecified atom stereocenters. The van der Waals surface area contributed by atoms with Crippen LogP contribution in [0.15, 0.2) is 20.0 Å². The number of rotatable bonds is 5. The minimum Gasteiger partial charge on any atom is -0.452 e. The van der Waals surface area contributed by atoms with Gasteiger partial charge in [0, 0.05) is 19.7 Å². The minimum atomic E-state index is -3.52. The number of nitrogens with zero attached hydrogens (tertiary/aromatic N) is 1. The van der Waals surface area contributed by atoms with Crippen molar-refractivity contribution in [2.45, 2.75) is 25.3 Å². The molecule has 0 atom stereocenters. The Bertz CT molecular complexity index is 482. The summed E-state index contributed by atoms with van der Waals surface area (Å²) in [5, 5.41) is 0. The van der Waals surface area contributed by atoms with Crippen LogP contribution in [0.2, 0.25) is 0 Å². The Labute approximate surface area is 110 Å². The van der Waals surface area contributed by atoms with Crippen molar-refractivity contribution in [3.05, 3.63) is 16.5 Å². The van der Waals surface area contributed by atoms with Crippen LogP contribution in [-0.4, -0.2) is 26.3 Å². The van der Waals surface area contributed by atoms with Gasteiger partial charge >= 0.3 is 0 Å². The molecule has 7 heteroatoms. The van der Waals surface area contributed by atoms with Gasteiger partial charge in [-0.05, 0) is 21.8 Å². The summed E-state index contributed by atoms with van der Waals surface area (Å²) in [7, 11) is -1.96. The van der Waals surface area contributed by atoms with Gasteiger partial charge in [0.15, 0.2) is 4.67 Å². The van der Waals surface area contributed by atoms with Crippen molar-refractivity contribution in [3.63, 3.8) is 0 Å². The van der Waals surface area contributed by atoms with Crippen LogP contribution in [0.1, 0.15) is 19.6 Å². The molecule has 98 valence electrons. The zero-order chi connectivity index (χ0) is 13.2. The summed E-state index contributed by atoms with van der Waals surface area (Å²) in [5.74, 6) is 0.697. The Morgan fingerprint density at radius 1 is 1.53 bits per heavy atom. The van der Waals surface area contributed by atoms with Crippen LogP contribution in [0.25, 0.3) is 0 Å². The van der Waals surface area contributed by atoms with Crippen LogP contribution < -0.4 is 5.73 Å². The monoisotopic (exact) mass is 324 g/mol. The van der Waals surface area contributed by atoms with Crippen LogP contribution in [0.3, 0.4) is 0 Å². The van der Waals surface area contributed by atoms with E-state index in [1.807, 2.05) is 13.8 Å². The molecule has 0 saturated heterocycles. The molecular formula is C10H17BrN2O3S. The summed E-state index contributed by atoms with van der Waals surface area (Å²) in [5.41, 5.74) is 5.41. The minimum absolute atomic E-state index is 0.126. The summed E-state index contributed by atoms with van der Waals surface area (Å²) in [6, 6.07) is 1.45. The van der Waals surface area contributed by atoms with Crippen LogP contribution in [0, 0.1) is 5.92 Å². The summed E-state index contributed by atoms with van der Waals surface area (Å²) in [6.07, 6.45) is 0. The predicted molar refractivity (Wildman–Crippen MR) is 69.0 cm³/mol. The van der Waals surface area contributed by atoms with Crippen LogP contribution in [0.4, 0.5) is 0 Å². The fourth-order valence-corrected chi connectivity index (χ4v) is 3.75. The molecule has 0 aliphatic heterocycles. The molecule has 0 aliphatic rings. The smallest absolute Gasteiger partial charge is 0.247 e. The Balaban J connectivity index is 3.08. The zero-order valence-corrected chi connectivity index (χ0v) is 12.5. The number of hydrogen-bond acceptors (Lipinski definition) is 4. The number of furan rings is 1. The maximum atomic E-state index is 12.2. The van der Waals surface area contributed by atoms with Crippen LogP contribution >= 0.6 is 15.9 Å². The SMILES string of the molecule is CC(C)CN(C)S(=O)(=O)c1cc(CN)oc1Br. The molecule has 0 amide bonds. The molecule has 2 N–H and O–H groups in total. The van der Waals surface area contributed by atoms with E-state index in [9.17, 15) is 8.42 Å². The third-order valence-corrected chi connectivity index (χ3v) is 4.90. The third-order valence-electron chi connectivity index (χ3n) is 2.22. The Morgan fingerprint density at radius 3 is 2.53 bits per heavy atom. The Hall–Kier alpha value is -0.370. The first-order valence-electron chi connectivity index (χ1n) is 5.23. The van der Waals surface area contributed by atoms with E-state index in [2.05, 4.69) is 15.9 Å². The maximum Gasteiger partial charge on any atom is 0.247 e. The summed E-state index contributed by atoms with van der Waals surface area (Å²) >= 11 is 3.10. The quantitative estimate of drug-likeness (QED) is 0.895. The maximum absolute atomic E-state index is 12.2. The van der Waals surface area contributed by atoms with Crippen molar-refractivity contribution in [2.75, 3.05) is 13.6 Å². The Morgan fingerprint density at radius 2 is 2.12 bits per heavy atom. The summed E-state index contributed by atoms with van der Waals surface area (Å²) in [4.78, 5) is 0.126. The van der Waals surface area contributed by atoms with E-state index in [1.54, 1.807) is 7.05 Å². The molecule has 0 aliphatic carbocycles. The van der Waals surface area contributed by atoms with E-state index < -0.39 is 10.0 Å². The lowest BCUT2D eigenvalue weighted by atomic mass is 10.2. The van der Waals surface area contributed by atoms with Gasteiger partial charge in [0.2, 0.25) is 10.0 Å². The van der Waals surface area contributed by atoms with Crippen LogP contribution in [-0.2, 0) is 16.6 Å². The van der Waals surface area contributed by atoms with Crippen molar-refractivity contribution in [1.82, 2.24) is 4.31 Å². The van der Waals surface area contributed by atoms with Crippen molar-refractivity contribution in [1.29, 1.82) is 0 Å².